The average Bonchev–Trinajstić information content (AvgIpc) is 3.58. The molecule has 8 nitrogen and oxygen atoms in total. The Hall–Kier alpha value is -3.17. The lowest BCUT2D eigenvalue weighted by Gasteiger charge is -2.43. The van der Waals surface area contributed by atoms with Crippen LogP contribution in [-0.4, -0.2) is 69.7 Å². The third kappa shape index (κ3) is 3.48. The number of aliphatic hydroxyl groups is 1. The van der Waals surface area contributed by atoms with Gasteiger partial charge >= 0.3 is 6.03 Å². The van der Waals surface area contributed by atoms with Gasteiger partial charge in [-0.3, -0.25) is 14.6 Å². The molecule has 1 unspecified atom stereocenters. The fourth-order valence-corrected chi connectivity index (χ4v) is 5.95. The van der Waals surface area contributed by atoms with Crippen molar-refractivity contribution < 1.29 is 23.8 Å². The van der Waals surface area contributed by atoms with Gasteiger partial charge in [0.1, 0.15) is 11.6 Å². The smallest absolute Gasteiger partial charge is 0.328 e. The van der Waals surface area contributed by atoms with Gasteiger partial charge in [0.05, 0.1) is 13.2 Å². The number of nitrogens with one attached hydrogen (secondary N) is 2. The van der Waals surface area contributed by atoms with E-state index in [4.69, 9.17) is 4.74 Å². The molecule has 1 saturated carbocycles. The fourth-order valence-electron chi connectivity index (χ4n) is 5.95. The molecule has 1 aromatic heterocycles. The summed E-state index contributed by atoms with van der Waals surface area (Å²) in [6, 6.07) is 2.87. The highest BCUT2D eigenvalue weighted by Crippen LogP contribution is 2.50. The molecule has 190 valence electrons. The van der Waals surface area contributed by atoms with E-state index >= 15 is 4.39 Å². The number of carbonyl (C=O) groups excluding carboxylic acids is 2. The number of hydrogen-bond donors (Lipinski definition) is 3. The number of amides is 3. The molecular weight excluding hydrogens is 463 g/mol. The number of methoxy groups -OCH3 is 1. The lowest BCUT2D eigenvalue weighted by atomic mass is 9.80. The summed E-state index contributed by atoms with van der Waals surface area (Å²) in [7, 11) is 1.42. The maximum absolute atomic E-state index is 15.5. The number of ether oxygens (including phenoxy) is 1. The van der Waals surface area contributed by atoms with Crippen molar-refractivity contribution in [3.63, 3.8) is 0 Å². The van der Waals surface area contributed by atoms with Crippen LogP contribution in [0.25, 0.3) is 10.9 Å². The van der Waals surface area contributed by atoms with E-state index in [-0.39, 0.29) is 24.1 Å². The number of imide groups is 1. The van der Waals surface area contributed by atoms with E-state index in [1.807, 2.05) is 12.2 Å². The second-order valence-electron chi connectivity index (χ2n) is 10.4. The summed E-state index contributed by atoms with van der Waals surface area (Å²) >= 11 is 0. The molecule has 1 aromatic carbocycles. The molecular formula is C27H31FN4O4. The first-order chi connectivity index (χ1) is 17.3. The van der Waals surface area contributed by atoms with Crippen LogP contribution < -0.4 is 10.1 Å². The number of carbonyl (C=O) groups is 2. The maximum Gasteiger partial charge on any atom is 0.328 e. The number of aromatic amines is 1. The number of hydrogen-bond acceptors (Lipinski definition) is 5. The van der Waals surface area contributed by atoms with Gasteiger partial charge in [-0.1, -0.05) is 18.2 Å². The number of aliphatic hydroxyl groups excluding tert-OH is 1. The molecule has 0 spiro atoms. The number of H-pyrrole nitrogens is 1. The number of fused-ring (bicyclic) bond motifs is 4. The lowest BCUT2D eigenvalue weighted by molar-refractivity contribution is -0.133. The van der Waals surface area contributed by atoms with Crippen molar-refractivity contribution in [2.45, 2.75) is 62.8 Å². The Bertz CT molecular complexity index is 1310. The minimum absolute atomic E-state index is 0.124. The van der Waals surface area contributed by atoms with Gasteiger partial charge in [-0.25, -0.2) is 9.18 Å². The zero-order valence-electron chi connectivity index (χ0n) is 20.5. The Morgan fingerprint density at radius 2 is 2.11 bits per heavy atom. The van der Waals surface area contributed by atoms with Gasteiger partial charge in [-0.15, -0.1) is 0 Å². The third-order valence-corrected chi connectivity index (χ3v) is 7.91. The molecule has 3 atom stereocenters. The SMILES string of the molecule is COc1ccc2[nH]c3c(c2c1F)C[C@@]1(C)C(=O)N(CCCNC2CC2)C(=O)N1[C@@H]3C1=CC(O)CC=C1. The highest BCUT2D eigenvalue weighted by atomic mass is 19.1. The van der Waals surface area contributed by atoms with Crippen LogP contribution in [-0.2, 0) is 11.2 Å². The van der Waals surface area contributed by atoms with Gasteiger partial charge in [-0.2, -0.15) is 0 Å². The molecule has 3 N–H and O–H groups in total. The summed E-state index contributed by atoms with van der Waals surface area (Å²) in [6.45, 7) is 2.84. The summed E-state index contributed by atoms with van der Waals surface area (Å²) in [5.74, 6) is -0.635. The molecule has 1 saturated heterocycles. The Morgan fingerprint density at radius 3 is 2.83 bits per heavy atom. The van der Waals surface area contributed by atoms with E-state index in [0.29, 0.717) is 53.2 Å². The van der Waals surface area contributed by atoms with Crippen LogP contribution in [0.4, 0.5) is 9.18 Å². The zero-order chi connectivity index (χ0) is 25.2. The molecule has 6 rings (SSSR count). The first-order valence-electron chi connectivity index (χ1n) is 12.7. The van der Waals surface area contributed by atoms with Crippen LogP contribution in [0.1, 0.15) is 49.9 Å². The molecule has 2 aliphatic heterocycles. The number of nitrogens with zero attached hydrogens (tertiary/aromatic N) is 2. The molecule has 3 amide bonds. The standard InChI is InChI=1S/C27H31FN4O4/c1-27-14-18-21-19(9-10-20(36-2)22(21)28)30-23(18)24(15-5-3-6-17(33)13-15)32(27)26(35)31(25(27)34)12-4-11-29-16-7-8-16/h3,5,9-10,13,16-17,24,29-30,33H,4,6-8,11-12,14H2,1-2H3/t17?,24-,27+/m1/s1. The number of rotatable bonds is 7. The number of benzene rings is 1. The zero-order valence-corrected chi connectivity index (χ0v) is 20.5. The van der Waals surface area contributed by atoms with Crippen LogP contribution in [0, 0.1) is 5.82 Å². The fraction of sp³-hybridized carbons (Fsp3) is 0.481. The Kier molecular flexibility index (Phi) is 5.46. The summed E-state index contributed by atoms with van der Waals surface area (Å²) in [6.07, 6.45) is 8.47. The Morgan fingerprint density at radius 1 is 1.31 bits per heavy atom. The van der Waals surface area contributed by atoms with E-state index in [9.17, 15) is 14.7 Å². The molecule has 4 aliphatic rings. The van der Waals surface area contributed by atoms with Crippen molar-refractivity contribution in [1.29, 1.82) is 0 Å². The molecule has 36 heavy (non-hydrogen) atoms. The van der Waals surface area contributed by atoms with E-state index in [2.05, 4.69) is 10.3 Å². The van der Waals surface area contributed by atoms with Crippen molar-refractivity contribution in [2.24, 2.45) is 0 Å². The van der Waals surface area contributed by atoms with Crippen LogP contribution in [0.2, 0.25) is 0 Å². The van der Waals surface area contributed by atoms with Crippen molar-refractivity contribution in [2.75, 3.05) is 20.2 Å². The molecule has 0 radical (unpaired) electrons. The molecule has 2 fully saturated rings. The van der Waals surface area contributed by atoms with Gasteiger partial charge in [0, 0.05) is 35.6 Å². The van der Waals surface area contributed by atoms with E-state index in [0.717, 1.165) is 6.54 Å². The number of urea groups is 1. The van der Waals surface area contributed by atoms with Gasteiger partial charge in [-0.05, 0) is 62.4 Å². The minimum Gasteiger partial charge on any atom is -0.494 e. The Labute approximate surface area is 208 Å². The maximum atomic E-state index is 15.5. The predicted molar refractivity (Wildman–Crippen MR) is 132 cm³/mol. The highest BCUT2D eigenvalue weighted by molar-refractivity contribution is 6.08. The largest absolute Gasteiger partial charge is 0.494 e. The summed E-state index contributed by atoms with van der Waals surface area (Å²) in [5, 5.41) is 14.2. The van der Waals surface area contributed by atoms with Crippen LogP contribution in [0.15, 0.2) is 35.9 Å². The van der Waals surface area contributed by atoms with Crippen LogP contribution in [0.3, 0.4) is 0 Å². The van der Waals surface area contributed by atoms with Gasteiger partial charge in [0.25, 0.3) is 5.91 Å². The molecule has 3 heterocycles. The van der Waals surface area contributed by atoms with E-state index in [1.165, 1.54) is 24.9 Å². The van der Waals surface area contributed by atoms with Crippen molar-refractivity contribution in [3.05, 3.63) is 53.0 Å². The van der Waals surface area contributed by atoms with Gasteiger partial charge in [0.2, 0.25) is 0 Å². The van der Waals surface area contributed by atoms with Gasteiger partial charge < -0.3 is 20.1 Å². The van der Waals surface area contributed by atoms with Crippen LogP contribution >= 0.6 is 0 Å². The molecule has 9 heteroatoms. The van der Waals surface area contributed by atoms with Crippen molar-refractivity contribution in [1.82, 2.24) is 20.1 Å². The lowest BCUT2D eigenvalue weighted by Crippen LogP contribution is -2.53. The summed E-state index contributed by atoms with van der Waals surface area (Å²) in [5.41, 5.74) is 1.44. The summed E-state index contributed by atoms with van der Waals surface area (Å²) < 4.78 is 20.7. The van der Waals surface area contributed by atoms with Crippen molar-refractivity contribution >= 4 is 22.8 Å². The molecule has 0 bridgehead atoms. The second kappa shape index (κ2) is 8.45. The van der Waals surface area contributed by atoms with Crippen LogP contribution in [0.5, 0.6) is 5.75 Å². The number of halogens is 1. The van der Waals surface area contributed by atoms with E-state index < -0.39 is 23.5 Å². The summed E-state index contributed by atoms with van der Waals surface area (Å²) in [4.78, 5) is 33.9. The van der Waals surface area contributed by atoms with E-state index in [1.54, 1.807) is 30.0 Å². The quantitative estimate of drug-likeness (QED) is 0.405. The third-order valence-electron chi connectivity index (χ3n) is 7.91. The van der Waals surface area contributed by atoms with Crippen molar-refractivity contribution in [3.8, 4) is 5.75 Å². The van der Waals surface area contributed by atoms with Gasteiger partial charge in [0.15, 0.2) is 11.6 Å². The molecule has 2 aromatic rings. The number of aromatic nitrogens is 1. The predicted octanol–water partition coefficient (Wildman–Crippen LogP) is 3.33. The normalized spacial score (nSPS) is 27.5. The first-order valence-corrected chi connectivity index (χ1v) is 12.7. The first kappa shape index (κ1) is 23.2. The highest BCUT2D eigenvalue weighted by Gasteiger charge is 2.60. The minimum atomic E-state index is -1.18. The average molecular weight is 495 g/mol. The molecule has 2 aliphatic carbocycles. The Balaban J connectivity index is 1.45. The topological polar surface area (TPSA) is 97.9 Å². The monoisotopic (exact) mass is 494 g/mol. The second-order valence-corrected chi connectivity index (χ2v) is 10.4.